The van der Waals surface area contributed by atoms with Crippen LogP contribution in [0.1, 0.15) is 6.92 Å². The van der Waals surface area contributed by atoms with Crippen LogP contribution >= 0.6 is 0 Å². The van der Waals surface area contributed by atoms with E-state index in [4.69, 9.17) is 5.73 Å². The van der Waals surface area contributed by atoms with Crippen LogP contribution in [0.15, 0.2) is 17.1 Å². The maximum Gasteiger partial charge on any atom is 0.273 e. The minimum Gasteiger partial charge on any atom is -0.393 e. The highest BCUT2D eigenvalue weighted by atomic mass is 16.3. The molecule has 0 spiro atoms. The molecule has 1 fully saturated rings. The van der Waals surface area contributed by atoms with Gasteiger partial charge in [0.2, 0.25) is 0 Å². The van der Waals surface area contributed by atoms with E-state index in [1.807, 2.05) is 4.90 Å². The Morgan fingerprint density at radius 2 is 2.29 bits per heavy atom. The van der Waals surface area contributed by atoms with Crippen LogP contribution in [0, 0.1) is 0 Å². The van der Waals surface area contributed by atoms with Crippen molar-refractivity contribution in [2.24, 2.45) is 0 Å². The summed E-state index contributed by atoms with van der Waals surface area (Å²) < 4.78 is 0. The lowest BCUT2D eigenvalue weighted by atomic mass is 9.96. The van der Waals surface area contributed by atoms with Crippen molar-refractivity contribution in [3.63, 3.8) is 0 Å². The number of pyridine rings is 1. The van der Waals surface area contributed by atoms with E-state index in [2.05, 4.69) is 4.98 Å². The maximum atomic E-state index is 11.2. The number of H-pyrrole nitrogens is 1. The van der Waals surface area contributed by atoms with E-state index in [1.165, 1.54) is 0 Å². The monoisotopic (exact) mass is 195 g/mol. The standard InChI is InChI=1S/C9H13N3O2/c1-9(14)4-12(5-9)6-2-3-11-8(13)7(6)10/h2-3,14H,4-5,10H2,1H3,(H,11,13). The molecule has 1 aromatic rings. The van der Waals surface area contributed by atoms with Crippen molar-refractivity contribution in [1.29, 1.82) is 0 Å². The van der Waals surface area contributed by atoms with Crippen molar-refractivity contribution >= 4 is 11.4 Å². The number of hydrogen-bond acceptors (Lipinski definition) is 4. The maximum absolute atomic E-state index is 11.2. The molecule has 1 aliphatic rings. The first-order chi connectivity index (χ1) is 6.49. The van der Waals surface area contributed by atoms with Crippen molar-refractivity contribution < 1.29 is 5.11 Å². The molecule has 1 saturated heterocycles. The molecule has 0 bridgehead atoms. The molecule has 5 heteroatoms. The van der Waals surface area contributed by atoms with Gasteiger partial charge in [0, 0.05) is 19.3 Å². The van der Waals surface area contributed by atoms with Crippen molar-refractivity contribution in [2.75, 3.05) is 23.7 Å². The molecule has 0 unspecified atom stereocenters. The molecule has 0 radical (unpaired) electrons. The minimum absolute atomic E-state index is 0.211. The van der Waals surface area contributed by atoms with E-state index in [9.17, 15) is 9.90 Å². The van der Waals surface area contributed by atoms with Gasteiger partial charge < -0.3 is 20.7 Å². The number of aromatic nitrogens is 1. The normalized spacial score (nSPS) is 19.1. The fraction of sp³-hybridized carbons (Fsp3) is 0.444. The number of nitrogen functional groups attached to an aromatic ring is 1. The lowest BCUT2D eigenvalue weighted by Crippen LogP contribution is -2.60. The van der Waals surface area contributed by atoms with Crippen LogP contribution in [-0.4, -0.2) is 28.8 Å². The van der Waals surface area contributed by atoms with Gasteiger partial charge in [-0.1, -0.05) is 0 Å². The summed E-state index contributed by atoms with van der Waals surface area (Å²) >= 11 is 0. The van der Waals surface area contributed by atoms with Gasteiger partial charge >= 0.3 is 0 Å². The summed E-state index contributed by atoms with van der Waals surface area (Å²) in [7, 11) is 0. The van der Waals surface area contributed by atoms with Gasteiger partial charge in [-0.3, -0.25) is 4.79 Å². The molecule has 76 valence electrons. The average Bonchev–Trinajstić information content (AvgIpc) is 2.06. The highest BCUT2D eigenvalue weighted by Gasteiger charge is 2.37. The Labute approximate surface area is 81.2 Å². The number of aliphatic hydroxyl groups is 1. The fourth-order valence-corrected chi connectivity index (χ4v) is 1.70. The Hall–Kier alpha value is -1.49. The molecule has 2 heterocycles. The first-order valence-corrected chi connectivity index (χ1v) is 4.44. The van der Waals surface area contributed by atoms with Crippen molar-refractivity contribution in [3.05, 3.63) is 22.6 Å². The molecule has 0 aliphatic carbocycles. The van der Waals surface area contributed by atoms with E-state index in [1.54, 1.807) is 19.2 Å². The summed E-state index contributed by atoms with van der Waals surface area (Å²) in [5.74, 6) is 0. The Morgan fingerprint density at radius 3 is 2.86 bits per heavy atom. The molecule has 2 rings (SSSR count). The number of nitrogens with one attached hydrogen (secondary N) is 1. The van der Waals surface area contributed by atoms with Crippen LogP contribution in [-0.2, 0) is 0 Å². The number of aromatic amines is 1. The van der Waals surface area contributed by atoms with Crippen molar-refractivity contribution in [3.8, 4) is 0 Å². The van der Waals surface area contributed by atoms with Gasteiger partial charge in [-0.15, -0.1) is 0 Å². The fourth-order valence-electron chi connectivity index (χ4n) is 1.70. The molecule has 0 saturated carbocycles. The Kier molecular flexibility index (Phi) is 1.78. The first-order valence-electron chi connectivity index (χ1n) is 4.44. The van der Waals surface area contributed by atoms with Gasteiger partial charge in [0.1, 0.15) is 5.69 Å². The van der Waals surface area contributed by atoms with E-state index < -0.39 is 5.60 Å². The number of hydrogen-bond donors (Lipinski definition) is 3. The number of nitrogens with two attached hydrogens (primary N) is 1. The number of anilines is 2. The highest BCUT2D eigenvalue weighted by molar-refractivity contribution is 5.67. The number of rotatable bonds is 1. The second-order valence-corrected chi connectivity index (χ2v) is 3.96. The summed E-state index contributed by atoms with van der Waals surface area (Å²) in [5.41, 5.74) is 5.58. The highest BCUT2D eigenvalue weighted by Crippen LogP contribution is 2.29. The van der Waals surface area contributed by atoms with Crippen LogP contribution in [0.4, 0.5) is 11.4 Å². The average molecular weight is 195 g/mol. The van der Waals surface area contributed by atoms with Crippen LogP contribution in [0.2, 0.25) is 0 Å². The second kappa shape index (κ2) is 2.75. The summed E-state index contributed by atoms with van der Waals surface area (Å²) in [6, 6.07) is 1.74. The summed E-state index contributed by atoms with van der Waals surface area (Å²) in [6.07, 6.45) is 1.56. The minimum atomic E-state index is -0.658. The molecule has 0 atom stereocenters. The third kappa shape index (κ3) is 1.35. The molecule has 1 aliphatic heterocycles. The van der Waals surface area contributed by atoms with Crippen LogP contribution in [0.5, 0.6) is 0 Å². The Balaban J connectivity index is 2.27. The molecule has 5 nitrogen and oxygen atoms in total. The van der Waals surface area contributed by atoms with Crippen LogP contribution in [0.3, 0.4) is 0 Å². The van der Waals surface area contributed by atoms with Gasteiger partial charge in [-0.25, -0.2) is 0 Å². The SMILES string of the molecule is CC1(O)CN(c2cc[nH]c(=O)c2N)C1. The largest absolute Gasteiger partial charge is 0.393 e. The zero-order valence-corrected chi connectivity index (χ0v) is 7.95. The topological polar surface area (TPSA) is 82.3 Å². The first kappa shape index (κ1) is 9.08. The summed E-state index contributed by atoms with van der Waals surface area (Å²) in [5, 5.41) is 9.54. The predicted octanol–water partition coefficient (Wildman–Crippen LogP) is -0.472. The molecule has 1 aromatic heterocycles. The number of β-amino-alcohol motifs (C(OH)–C–C–N with tert-alkyl or cyclic N) is 1. The lowest BCUT2D eigenvalue weighted by molar-refractivity contribution is 0.0311. The molecular formula is C9H13N3O2. The summed E-state index contributed by atoms with van der Waals surface area (Å²) in [6.45, 7) is 2.79. The van der Waals surface area contributed by atoms with Crippen LogP contribution < -0.4 is 16.2 Å². The smallest absolute Gasteiger partial charge is 0.273 e. The third-order valence-electron chi connectivity index (χ3n) is 2.38. The van der Waals surface area contributed by atoms with Crippen molar-refractivity contribution in [2.45, 2.75) is 12.5 Å². The predicted molar refractivity (Wildman–Crippen MR) is 54.3 cm³/mol. The van der Waals surface area contributed by atoms with Gasteiger partial charge in [-0.2, -0.15) is 0 Å². The second-order valence-electron chi connectivity index (χ2n) is 3.96. The van der Waals surface area contributed by atoms with Crippen LogP contribution in [0.25, 0.3) is 0 Å². The van der Waals surface area contributed by atoms with E-state index in [0.717, 1.165) is 0 Å². The quantitative estimate of drug-likeness (QED) is 0.565. The van der Waals surface area contributed by atoms with Crippen molar-refractivity contribution in [1.82, 2.24) is 4.98 Å². The van der Waals surface area contributed by atoms with E-state index in [-0.39, 0.29) is 11.2 Å². The van der Waals surface area contributed by atoms with Gasteiger partial charge in [-0.05, 0) is 13.0 Å². The third-order valence-corrected chi connectivity index (χ3v) is 2.38. The molecule has 0 aromatic carbocycles. The van der Waals surface area contributed by atoms with Gasteiger partial charge in [0.15, 0.2) is 0 Å². The zero-order valence-electron chi connectivity index (χ0n) is 7.95. The van der Waals surface area contributed by atoms with Gasteiger partial charge in [0.25, 0.3) is 5.56 Å². The van der Waals surface area contributed by atoms with Gasteiger partial charge in [0.05, 0.1) is 11.3 Å². The Bertz CT molecular complexity index is 403. The molecule has 0 amide bonds. The lowest BCUT2D eigenvalue weighted by Gasteiger charge is -2.45. The van der Waals surface area contributed by atoms with E-state index >= 15 is 0 Å². The molecule has 4 N–H and O–H groups in total. The molecule has 14 heavy (non-hydrogen) atoms. The molecular weight excluding hydrogens is 182 g/mol. The zero-order chi connectivity index (χ0) is 10.3. The summed E-state index contributed by atoms with van der Waals surface area (Å²) in [4.78, 5) is 15.5. The van der Waals surface area contributed by atoms with E-state index in [0.29, 0.717) is 18.8 Å². The Morgan fingerprint density at radius 1 is 1.64 bits per heavy atom. The number of nitrogens with zero attached hydrogens (tertiary/aromatic N) is 1.